The maximum absolute atomic E-state index is 6.47. The van der Waals surface area contributed by atoms with Crippen molar-refractivity contribution in [2.24, 2.45) is 11.8 Å². The number of unbranched alkanes of at least 4 members (excludes halogenated alkanes) is 8. The van der Waals surface area contributed by atoms with Crippen molar-refractivity contribution in [3.05, 3.63) is 0 Å². The van der Waals surface area contributed by atoms with Crippen LogP contribution in [-0.2, 0) is 4.74 Å². The molecule has 1 saturated heterocycles. The number of likely N-dealkylation sites (tertiary alicyclic amines) is 1. The van der Waals surface area contributed by atoms with Crippen molar-refractivity contribution < 1.29 is 4.74 Å². The number of ether oxygens (including phenoxy) is 1. The van der Waals surface area contributed by atoms with Crippen LogP contribution >= 0.6 is 0 Å². The fourth-order valence-electron chi connectivity index (χ4n) is 5.43. The Bertz CT molecular complexity index is 390. The third-order valence-electron chi connectivity index (χ3n) is 7.77. The Morgan fingerprint density at radius 2 is 1.22 bits per heavy atom. The molecule has 0 aromatic carbocycles. The minimum atomic E-state index is 0.435. The second kappa shape index (κ2) is 20.3. The van der Waals surface area contributed by atoms with Crippen LogP contribution in [0.5, 0.6) is 0 Å². The summed E-state index contributed by atoms with van der Waals surface area (Å²) in [5, 5.41) is 0. The van der Waals surface area contributed by atoms with E-state index in [9.17, 15) is 0 Å². The first-order chi connectivity index (χ1) is 15.6. The minimum absolute atomic E-state index is 0.435. The van der Waals surface area contributed by atoms with Gasteiger partial charge in [0.2, 0.25) is 0 Å². The second-order valence-corrected chi connectivity index (χ2v) is 11.2. The van der Waals surface area contributed by atoms with E-state index in [1.165, 1.54) is 135 Å². The number of nitrogens with zero attached hydrogens (tertiary/aromatic N) is 1. The summed E-state index contributed by atoms with van der Waals surface area (Å²) in [7, 11) is 0. The molecule has 0 aromatic heterocycles. The highest BCUT2D eigenvalue weighted by atomic mass is 16.5. The van der Waals surface area contributed by atoms with Gasteiger partial charge in [-0.3, -0.25) is 0 Å². The molecular formula is C30H61NO. The number of hydrogen-bond acceptors (Lipinski definition) is 2. The molecule has 0 spiro atoms. The molecule has 0 amide bonds. The maximum atomic E-state index is 6.47. The lowest BCUT2D eigenvalue weighted by molar-refractivity contribution is -0.0412. The first-order valence-corrected chi connectivity index (χ1v) is 15.0. The van der Waals surface area contributed by atoms with Crippen molar-refractivity contribution in [3.8, 4) is 0 Å². The summed E-state index contributed by atoms with van der Waals surface area (Å²) >= 11 is 0. The molecule has 0 saturated carbocycles. The topological polar surface area (TPSA) is 12.5 Å². The van der Waals surface area contributed by atoms with Crippen molar-refractivity contribution in [2.45, 2.75) is 162 Å². The van der Waals surface area contributed by atoms with Gasteiger partial charge >= 0.3 is 0 Å². The van der Waals surface area contributed by atoms with Crippen LogP contribution in [0.1, 0.15) is 150 Å². The molecule has 3 atom stereocenters. The summed E-state index contributed by atoms with van der Waals surface area (Å²) in [6.45, 7) is 15.5. The normalized spacial score (nSPS) is 18.7. The molecule has 0 aliphatic carbocycles. The SMILES string of the molecule is CCCCCCCC(CCCCCC)CN1CCC(O[C@H](C)CCC(C)CCCC)CC1. The lowest BCUT2D eigenvalue weighted by Crippen LogP contribution is -2.40. The molecule has 1 heterocycles. The van der Waals surface area contributed by atoms with E-state index in [0.717, 1.165) is 11.8 Å². The molecule has 2 heteroatoms. The van der Waals surface area contributed by atoms with E-state index < -0.39 is 0 Å². The van der Waals surface area contributed by atoms with Crippen LogP contribution in [0.4, 0.5) is 0 Å². The van der Waals surface area contributed by atoms with Crippen LogP contribution in [0.3, 0.4) is 0 Å². The Balaban J connectivity index is 2.27. The molecule has 0 radical (unpaired) electrons. The fourth-order valence-corrected chi connectivity index (χ4v) is 5.43. The van der Waals surface area contributed by atoms with E-state index in [0.29, 0.717) is 12.2 Å². The zero-order valence-electron chi connectivity index (χ0n) is 23.0. The molecular weight excluding hydrogens is 390 g/mol. The largest absolute Gasteiger partial charge is 0.375 e. The standard InChI is InChI=1S/C30H61NO/c1-6-9-12-14-16-19-29(18-15-13-10-7-2)26-31-24-22-30(23-25-31)32-28(5)21-20-27(4)17-11-8-3/h27-30H,6-26H2,1-5H3/t27?,28-,29?/m1/s1. The van der Waals surface area contributed by atoms with Gasteiger partial charge in [-0.05, 0) is 57.3 Å². The average Bonchev–Trinajstić information content (AvgIpc) is 2.80. The van der Waals surface area contributed by atoms with Crippen LogP contribution in [0.15, 0.2) is 0 Å². The predicted octanol–water partition coefficient (Wildman–Crippen LogP) is 9.41. The second-order valence-electron chi connectivity index (χ2n) is 11.2. The van der Waals surface area contributed by atoms with E-state index in [1.807, 2.05) is 0 Å². The lowest BCUT2D eigenvalue weighted by atomic mass is 9.93. The summed E-state index contributed by atoms with van der Waals surface area (Å²) in [6, 6.07) is 0. The zero-order valence-corrected chi connectivity index (χ0v) is 23.0. The van der Waals surface area contributed by atoms with Gasteiger partial charge in [-0.2, -0.15) is 0 Å². The Hall–Kier alpha value is -0.0800. The molecule has 1 aliphatic rings. The molecule has 0 N–H and O–H groups in total. The smallest absolute Gasteiger partial charge is 0.0603 e. The molecule has 2 nitrogen and oxygen atoms in total. The van der Waals surface area contributed by atoms with E-state index in [2.05, 4.69) is 39.5 Å². The maximum Gasteiger partial charge on any atom is 0.0603 e. The summed E-state index contributed by atoms with van der Waals surface area (Å²) in [5.74, 6) is 1.79. The molecule has 0 bridgehead atoms. The summed E-state index contributed by atoms with van der Waals surface area (Å²) in [6.07, 6.45) is 25.8. The van der Waals surface area contributed by atoms with Crippen molar-refractivity contribution in [3.63, 3.8) is 0 Å². The van der Waals surface area contributed by atoms with Crippen molar-refractivity contribution in [2.75, 3.05) is 19.6 Å². The molecule has 1 fully saturated rings. The molecule has 192 valence electrons. The Morgan fingerprint density at radius 3 is 1.81 bits per heavy atom. The van der Waals surface area contributed by atoms with Gasteiger partial charge in [-0.15, -0.1) is 0 Å². The van der Waals surface area contributed by atoms with Gasteiger partial charge in [-0.1, -0.05) is 105 Å². The van der Waals surface area contributed by atoms with Gasteiger partial charge in [0.1, 0.15) is 0 Å². The Kier molecular flexibility index (Phi) is 19.0. The van der Waals surface area contributed by atoms with Crippen molar-refractivity contribution in [1.29, 1.82) is 0 Å². The van der Waals surface area contributed by atoms with Crippen LogP contribution in [-0.4, -0.2) is 36.7 Å². The third-order valence-corrected chi connectivity index (χ3v) is 7.77. The lowest BCUT2D eigenvalue weighted by Gasteiger charge is -2.35. The molecule has 0 aromatic rings. The Morgan fingerprint density at radius 1 is 0.656 bits per heavy atom. The fraction of sp³-hybridized carbons (Fsp3) is 1.00. The van der Waals surface area contributed by atoms with E-state index in [-0.39, 0.29) is 0 Å². The number of piperidine rings is 1. The monoisotopic (exact) mass is 451 g/mol. The molecule has 1 aliphatic heterocycles. The summed E-state index contributed by atoms with van der Waals surface area (Å²) in [4.78, 5) is 2.77. The van der Waals surface area contributed by atoms with E-state index in [4.69, 9.17) is 4.74 Å². The van der Waals surface area contributed by atoms with Gasteiger partial charge < -0.3 is 9.64 Å². The average molecular weight is 452 g/mol. The van der Waals surface area contributed by atoms with Gasteiger partial charge in [0.15, 0.2) is 0 Å². The first kappa shape index (κ1) is 30.0. The van der Waals surface area contributed by atoms with E-state index >= 15 is 0 Å². The number of rotatable bonds is 21. The number of hydrogen-bond donors (Lipinski definition) is 0. The third kappa shape index (κ3) is 15.7. The molecule has 2 unspecified atom stereocenters. The first-order valence-electron chi connectivity index (χ1n) is 15.0. The summed E-state index contributed by atoms with van der Waals surface area (Å²) < 4.78 is 6.47. The van der Waals surface area contributed by atoms with Crippen LogP contribution < -0.4 is 0 Å². The summed E-state index contributed by atoms with van der Waals surface area (Å²) in [5.41, 5.74) is 0. The van der Waals surface area contributed by atoms with Crippen molar-refractivity contribution >= 4 is 0 Å². The van der Waals surface area contributed by atoms with Crippen LogP contribution in [0.25, 0.3) is 0 Å². The zero-order chi connectivity index (χ0) is 23.4. The molecule has 1 rings (SSSR count). The minimum Gasteiger partial charge on any atom is -0.375 e. The van der Waals surface area contributed by atoms with Gasteiger partial charge in [0.05, 0.1) is 12.2 Å². The highest BCUT2D eigenvalue weighted by Gasteiger charge is 2.23. The molecule has 32 heavy (non-hydrogen) atoms. The van der Waals surface area contributed by atoms with Crippen LogP contribution in [0, 0.1) is 11.8 Å². The van der Waals surface area contributed by atoms with Crippen LogP contribution in [0.2, 0.25) is 0 Å². The highest BCUT2D eigenvalue weighted by molar-refractivity contribution is 4.76. The quantitative estimate of drug-likeness (QED) is 0.161. The highest BCUT2D eigenvalue weighted by Crippen LogP contribution is 2.24. The van der Waals surface area contributed by atoms with Gasteiger partial charge in [-0.25, -0.2) is 0 Å². The Labute approximate surface area is 203 Å². The predicted molar refractivity (Wildman–Crippen MR) is 144 cm³/mol. The van der Waals surface area contributed by atoms with E-state index in [1.54, 1.807) is 0 Å². The van der Waals surface area contributed by atoms with Crippen molar-refractivity contribution in [1.82, 2.24) is 4.90 Å². The van der Waals surface area contributed by atoms with Gasteiger partial charge in [0, 0.05) is 19.6 Å². The van der Waals surface area contributed by atoms with Gasteiger partial charge in [0.25, 0.3) is 0 Å².